The summed E-state index contributed by atoms with van der Waals surface area (Å²) < 4.78 is 0. The fourth-order valence-electron chi connectivity index (χ4n) is 2.14. The number of anilines is 1. The highest BCUT2D eigenvalue weighted by Crippen LogP contribution is 2.30. The van der Waals surface area contributed by atoms with Gasteiger partial charge in [0.15, 0.2) is 0 Å². The van der Waals surface area contributed by atoms with Crippen LogP contribution in [-0.2, 0) is 4.79 Å². The van der Waals surface area contributed by atoms with Crippen LogP contribution in [0.2, 0.25) is 20.1 Å². The van der Waals surface area contributed by atoms with Gasteiger partial charge < -0.3 is 10.2 Å². The number of hydrogen-bond acceptors (Lipinski definition) is 2. The number of halogens is 4. The van der Waals surface area contributed by atoms with Crippen molar-refractivity contribution in [1.29, 1.82) is 0 Å². The van der Waals surface area contributed by atoms with Crippen molar-refractivity contribution in [2.45, 2.75) is 6.92 Å². The molecule has 2 amide bonds. The van der Waals surface area contributed by atoms with Crippen LogP contribution >= 0.6 is 46.4 Å². The minimum atomic E-state index is -0.427. The van der Waals surface area contributed by atoms with E-state index in [1.165, 1.54) is 4.90 Å². The Balaban J connectivity index is 2.15. The van der Waals surface area contributed by atoms with Crippen LogP contribution in [0.1, 0.15) is 17.3 Å². The summed E-state index contributed by atoms with van der Waals surface area (Å²) in [6.07, 6.45) is 0. The number of rotatable bonds is 5. The first kappa shape index (κ1) is 19.9. The van der Waals surface area contributed by atoms with Crippen LogP contribution in [0, 0.1) is 0 Å². The number of benzene rings is 2. The highest BCUT2D eigenvalue weighted by molar-refractivity contribution is 6.44. The Labute approximate surface area is 165 Å². The molecule has 2 aromatic rings. The third kappa shape index (κ3) is 4.79. The topological polar surface area (TPSA) is 49.4 Å². The predicted molar refractivity (Wildman–Crippen MR) is 103 cm³/mol. The lowest BCUT2D eigenvalue weighted by molar-refractivity contribution is -0.116. The number of nitrogens with one attached hydrogen (secondary N) is 1. The van der Waals surface area contributed by atoms with Crippen molar-refractivity contribution in [3.63, 3.8) is 0 Å². The van der Waals surface area contributed by atoms with Gasteiger partial charge in [-0.1, -0.05) is 58.5 Å². The van der Waals surface area contributed by atoms with Gasteiger partial charge in [0.05, 0.1) is 31.3 Å². The molecule has 0 radical (unpaired) electrons. The highest BCUT2D eigenvalue weighted by atomic mass is 35.5. The van der Waals surface area contributed by atoms with E-state index < -0.39 is 11.8 Å². The molecular formula is C17H14Cl4N2O2. The minimum Gasteiger partial charge on any atom is -0.330 e. The summed E-state index contributed by atoms with van der Waals surface area (Å²) >= 11 is 24.1. The zero-order valence-electron chi connectivity index (χ0n) is 13.2. The second-order valence-electron chi connectivity index (χ2n) is 5.07. The van der Waals surface area contributed by atoms with Crippen molar-refractivity contribution in [3.8, 4) is 0 Å². The molecule has 0 bridgehead atoms. The summed E-state index contributed by atoms with van der Waals surface area (Å²) in [5.41, 5.74) is 0.541. The lowest BCUT2D eigenvalue weighted by Crippen LogP contribution is -2.38. The molecule has 0 aliphatic heterocycles. The van der Waals surface area contributed by atoms with Crippen LogP contribution in [0.25, 0.3) is 0 Å². The van der Waals surface area contributed by atoms with Gasteiger partial charge >= 0.3 is 0 Å². The molecule has 0 aliphatic carbocycles. The number of para-hydroxylation sites is 1. The summed E-state index contributed by atoms with van der Waals surface area (Å²) in [5, 5.41) is 3.67. The van der Waals surface area contributed by atoms with Crippen molar-refractivity contribution >= 4 is 63.9 Å². The number of hydrogen-bond donors (Lipinski definition) is 1. The Hall–Kier alpha value is -1.46. The van der Waals surface area contributed by atoms with E-state index in [-0.39, 0.29) is 22.2 Å². The van der Waals surface area contributed by atoms with E-state index in [0.717, 1.165) is 0 Å². The van der Waals surface area contributed by atoms with E-state index in [9.17, 15) is 9.59 Å². The van der Waals surface area contributed by atoms with Crippen molar-refractivity contribution in [2.24, 2.45) is 0 Å². The number of carbonyl (C=O) groups excluding carboxylic acids is 2. The van der Waals surface area contributed by atoms with Gasteiger partial charge in [-0.15, -0.1) is 0 Å². The first-order valence-electron chi connectivity index (χ1n) is 7.32. The van der Waals surface area contributed by atoms with Gasteiger partial charge in [0.2, 0.25) is 5.91 Å². The van der Waals surface area contributed by atoms with Gasteiger partial charge in [-0.3, -0.25) is 9.59 Å². The van der Waals surface area contributed by atoms with E-state index in [1.807, 2.05) is 0 Å². The predicted octanol–water partition coefficient (Wildman–Crippen LogP) is 5.40. The fraction of sp³-hybridized carbons (Fsp3) is 0.176. The van der Waals surface area contributed by atoms with Crippen LogP contribution in [0.4, 0.5) is 5.69 Å². The van der Waals surface area contributed by atoms with E-state index >= 15 is 0 Å². The van der Waals surface area contributed by atoms with Gasteiger partial charge in [-0.05, 0) is 31.2 Å². The van der Waals surface area contributed by atoms with Gasteiger partial charge in [0, 0.05) is 6.54 Å². The number of carbonyl (C=O) groups is 2. The summed E-state index contributed by atoms with van der Waals surface area (Å²) in [6, 6.07) is 9.66. The monoisotopic (exact) mass is 418 g/mol. The fourth-order valence-corrected chi connectivity index (χ4v) is 3.01. The largest absolute Gasteiger partial charge is 0.330 e. The molecule has 0 atom stereocenters. The van der Waals surface area contributed by atoms with E-state index in [4.69, 9.17) is 46.4 Å². The van der Waals surface area contributed by atoms with Crippen molar-refractivity contribution in [3.05, 3.63) is 62.1 Å². The van der Waals surface area contributed by atoms with E-state index in [1.54, 1.807) is 43.3 Å². The van der Waals surface area contributed by atoms with Gasteiger partial charge in [-0.25, -0.2) is 0 Å². The van der Waals surface area contributed by atoms with Crippen LogP contribution in [0.5, 0.6) is 0 Å². The standard InChI is InChI=1S/C17H14Cl4N2O2/c1-2-23(17(25)10-5-3-6-11(18)15(10)21)9-14(24)22-16-12(19)7-4-8-13(16)20/h3-8H,2,9H2,1H3,(H,22,24). The molecule has 0 heterocycles. The average molecular weight is 420 g/mol. The molecule has 4 nitrogen and oxygen atoms in total. The first-order valence-corrected chi connectivity index (χ1v) is 8.83. The maximum atomic E-state index is 12.6. The van der Waals surface area contributed by atoms with Gasteiger partial charge in [-0.2, -0.15) is 0 Å². The minimum absolute atomic E-state index is 0.155. The molecule has 0 saturated heterocycles. The molecule has 132 valence electrons. The zero-order chi connectivity index (χ0) is 18.6. The normalized spacial score (nSPS) is 10.4. The Kier molecular flexibility index (Phi) is 6.96. The van der Waals surface area contributed by atoms with Crippen molar-refractivity contribution in [1.82, 2.24) is 4.90 Å². The number of nitrogens with zero attached hydrogens (tertiary/aromatic N) is 1. The molecule has 25 heavy (non-hydrogen) atoms. The summed E-state index contributed by atoms with van der Waals surface area (Å²) in [6.45, 7) is 1.89. The second kappa shape index (κ2) is 8.77. The first-order chi connectivity index (χ1) is 11.8. The Morgan fingerprint density at radius 2 is 1.52 bits per heavy atom. The maximum absolute atomic E-state index is 12.6. The zero-order valence-corrected chi connectivity index (χ0v) is 16.2. The quantitative estimate of drug-likeness (QED) is 0.705. The molecule has 0 aliphatic rings. The summed E-state index contributed by atoms with van der Waals surface area (Å²) in [7, 11) is 0. The molecule has 0 unspecified atom stereocenters. The average Bonchev–Trinajstić information content (AvgIpc) is 2.58. The molecule has 0 fully saturated rings. The molecule has 2 aromatic carbocycles. The summed E-state index contributed by atoms with van der Waals surface area (Å²) in [4.78, 5) is 26.3. The lowest BCUT2D eigenvalue weighted by Gasteiger charge is -2.21. The van der Waals surface area contributed by atoms with Crippen LogP contribution in [0.3, 0.4) is 0 Å². The third-order valence-electron chi connectivity index (χ3n) is 3.41. The van der Waals surface area contributed by atoms with E-state index in [0.29, 0.717) is 22.3 Å². The van der Waals surface area contributed by atoms with E-state index in [2.05, 4.69) is 5.32 Å². The molecule has 0 spiro atoms. The third-order valence-corrected chi connectivity index (χ3v) is 4.86. The van der Waals surface area contributed by atoms with Crippen LogP contribution in [-0.4, -0.2) is 29.8 Å². The molecular weight excluding hydrogens is 406 g/mol. The van der Waals surface area contributed by atoms with Crippen molar-refractivity contribution in [2.75, 3.05) is 18.4 Å². The highest BCUT2D eigenvalue weighted by Gasteiger charge is 2.21. The second-order valence-corrected chi connectivity index (χ2v) is 6.67. The Morgan fingerprint density at radius 1 is 0.960 bits per heavy atom. The molecule has 1 N–H and O–H groups in total. The van der Waals surface area contributed by atoms with Crippen LogP contribution < -0.4 is 5.32 Å². The Bertz CT molecular complexity index is 791. The Morgan fingerprint density at radius 3 is 2.12 bits per heavy atom. The van der Waals surface area contributed by atoms with Crippen LogP contribution in [0.15, 0.2) is 36.4 Å². The summed E-state index contributed by atoms with van der Waals surface area (Å²) in [5.74, 6) is -0.821. The molecule has 2 rings (SSSR count). The molecule has 8 heteroatoms. The number of amides is 2. The van der Waals surface area contributed by atoms with Crippen molar-refractivity contribution < 1.29 is 9.59 Å². The number of likely N-dealkylation sites (N-methyl/N-ethyl adjacent to an activating group) is 1. The van der Waals surface area contributed by atoms with Gasteiger partial charge in [0.25, 0.3) is 5.91 Å². The molecule has 0 aromatic heterocycles. The smallest absolute Gasteiger partial charge is 0.255 e. The van der Waals surface area contributed by atoms with Gasteiger partial charge in [0.1, 0.15) is 6.54 Å². The maximum Gasteiger partial charge on any atom is 0.255 e. The SMILES string of the molecule is CCN(CC(=O)Nc1c(Cl)cccc1Cl)C(=O)c1cccc(Cl)c1Cl. The lowest BCUT2D eigenvalue weighted by atomic mass is 10.2. The molecule has 0 saturated carbocycles.